The maximum absolute atomic E-state index is 12.3. The second kappa shape index (κ2) is 10.2. The summed E-state index contributed by atoms with van der Waals surface area (Å²) in [7, 11) is 0. The zero-order valence-corrected chi connectivity index (χ0v) is 15.7. The summed E-state index contributed by atoms with van der Waals surface area (Å²) in [5.41, 5.74) is 1.23. The molecule has 0 spiro atoms. The molecule has 1 heterocycles. The van der Waals surface area contributed by atoms with Crippen LogP contribution >= 0.6 is 0 Å². The summed E-state index contributed by atoms with van der Waals surface area (Å²) in [4.78, 5) is 37.7. The lowest BCUT2D eigenvalue weighted by atomic mass is 10.1. The molecule has 0 saturated heterocycles. The van der Waals surface area contributed by atoms with Gasteiger partial charge in [-0.15, -0.1) is 0 Å². The number of amides is 3. The van der Waals surface area contributed by atoms with Gasteiger partial charge in [-0.05, 0) is 56.7 Å². The highest BCUT2D eigenvalue weighted by Gasteiger charge is 2.12. The lowest BCUT2D eigenvalue weighted by molar-refractivity contribution is -0.116. The van der Waals surface area contributed by atoms with E-state index in [1.807, 2.05) is 13.8 Å². The summed E-state index contributed by atoms with van der Waals surface area (Å²) in [5, 5.41) is 5.48. The molecule has 1 aromatic heterocycles. The first-order valence-corrected chi connectivity index (χ1v) is 9.06. The molecule has 7 nitrogen and oxygen atoms in total. The summed E-state index contributed by atoms with van der Waals surface area (Å²) < 4.78 is 4.99. The van der Waals surface area contributed by atoms with E-state index in [9.17, 15) is 14.4 Å². The topological polar surface area (TPSA) is 91.7 Å². The standard InChI is InChI=1S/C20H25N3O4/c1-3-23(4-2)20(26)15-9-11-16(12-10-15)22-18(24)8-5-13-21-19(25)17-7-6-14-27-17/h6-7,9-12,14H,3-5,8,13H2,1-2H3,(H,21,25)(H,22,24). The zero-order valence-electron chi connectivity index (χ0n) is 15.7. The molecule has 1 aromatic carbocycles. The number of nitrogens with one attached hydrogen (secondary N) is 2. The zero-order chi connectivity index (χ0) is 19.6. The normalized spacial score (nSPS) is 10.3. The molecule has 0 bridgehead atoms. The molecule has 2 rings (SSSR count). The fraction of sp³-hybridized carbons (Fsp3) is 0.350. The smallest absolute Gasteiger partial charge is 0.286 e. The molecule has 0 aliphatic heterocycles. The molecule has 7 heteroatoms. The van der Waals surface area contributed by atoms with Gasteiger partial charge in [0, 0.05) is 37.3 Å². The number of benzene rings is 1. The van der Waals surface area contributed by atoms with E-state index < -0.39 is 0 Å². The third-order valence-electron chi connectivity index (χ3n) is 4.08. The fourth-order valence-corrected chi connectivity index (χ4v) is 2.56. The van der Waals surface area contributed by atoms with E-state index in [0.29, 0.717) is 37.3 Å². The molecule has 2 N–H and O–H groups in total. The van der Waals surface area contributed by atoms with Crippen molar-refractivity contribution in [2.45, 2.75) is 26.7 Å². The fourth-order valence-electron chi connectivity index (χ4n) is 2.56. The Morgan fingerprint density at radius 1 is 1.04 bits per heavy atom. The van der Waals surface area contributed by atoms with Gasteiger partial charge in [0.1, 0.15) is 0 Å². The predicted octanol–water partition coefficient (Wildman–Crippen LogP) is 2.91. The van der Waals surface area contributed by atoms with Gasteiger partial charge in [0.25, 0.3) is 11.8 Å². The lowest BCUT2D eigenvalue weighted by Gasteiger charge is -2.18. The first-order valence-electron chi connectivity index (χ1n) is 9.06. The Morgan fingerprint density at radius 2 is 1.74 bits per heavy atom. The Bertz CT molecular complexity index is 750. The Labute approximate surface area is 158 Å². The van der Waals surface area contributed by atoms with Gasteiger partial charge < -0.3 is 20.0 Å². The van der Waals surface area contributed by atoms with Gasteiger partial charge in [-0.2, -0.15) is 0 Å². The number of furan rings is 1. The maximum atomic E-state index is 12.3. The van der Waals surface area contributed by atoms with Crippen LogP contribution in [0.5, 0.6) is 0 Å². The first-order chi connectivity index (χ1) is 13.0. The maximum Gasteiger partial charge on any atom is 0.286 e. The van der Waals surface area contributed by atoms with E-state index in [2.05, 4.69) is 10.6 Å². The summed E-state index contributed by atoms with van der Waals surface area (Å²) in [6.45, 7) is 5.57. The molecule has 2 aromatic rings. The molecule has 0 radical (unpaired) electrons. The molecule has 0 fully saturated rings. The minimum atomic E-state index is -0.297. The number of anilines is 1. The van der Waals surface area contributed by atoms with Crippen LogP contribution in [-0.2, 0) is 4.79 Å². The summed E-state index contributed by atoms with van der Waals surface area (Å²) in [6.07, 6.45) is 2.22. The Hall–Kier alpha value is -3.09. The number of rotatable bonds is 9. The predicted molar refractivity (Wildman–Crippen MR) is 103 cm³/mol. The number of hydrogen-bond donors (Lipinski definition) is 2. The van der Waals surface area contributed by atoms with Crippen molar-refractivity contribution in [3.63, 3.8) is 0 Å². The van der Waals surface area contributed by atoms with E-state index >= 15 is 0 Å². The van der Waals surface area contributed by atoms with Crippen LogP contribution in [0.2, 0.25) is 0 Å². The van der Waals surface area contributed by atoms with Crippen molar-refractivity contribution in [3.05, 3.63) is 54.0 Å². The van der Waals surface area contributed by atoms with E-state index in [1.165, 1.54) is 6.26 Å². The van der Waals surface area contributed by atoms with Crippen molar-refractivity contribution in [1.29, 1.82) is 0 Å². The van der Waals surface area contributed by atoms with Crippen LogP contribution in [0.15, 0.2) is 47.1 Å². The van der Waals surface area contributed by atoms with Crippen LogP contribution in [-0.4, -0.2) is 42.3 Å². The second-order valence-electron chi connectivity index (χ2n) is 5.94. The van der Waals surface area contributed by atoms with E-state index in [4.69, 9.17) is 4.42 Å². The largest absolute Gasteiger partial charge is 0.459 e. The average molecular weight is 371 g/mol. The third-order valence-corrected chi connectivity index (χ3v) is 4.08. The van der Waals surface area contributed by atoms with E-state index in [0.717, 1.165) is 0 Å². The number of carbonyl (C=O) groups excluding carboxylic acids is 3. The SMILES string of the molecule is CCN(CC)C(=O)c1ccc(NC(=O)CCCNC(=O)c2ccco2)cc1. The number of nitrogens with zero attached hydrogens (tertiary/aromatic N) is 1. The third kappa shape index (κ3) is 5.99. The highest BCUT2D eigenvalue weighted by atomic mass is 16.3. The van der Waals surface area contributed by atoms with Crippen molar-refractivity contribution in [2.75, 3.05) is 25.0 Å². The van der Waals surface area contributed by atoms with Crippen LogP contribution in [0.4, 0.5) is 5.69 Å². The van der Waals surface area contributed by atoms with Crippen LogP contribution in [0, 0.1) is 0 Å². The van der Waals surface area contributed by atoms with E-state index in [1.54, 1.807) is 41.3 Å². The average Bonchev–Trinajstić information content (AvgIpc) is 3.21. The Balaban J connectivity index is 1.74. The monoisotopic (exact) mass is 371 g/mol. The van der Waals surface area contributed by atoms with E-state index in [-0.39, 0.29) is 29.9 Å². The van der Waals surface area contributed by atoms with Gasteiger partial charge >= 0.3 is 0 Å². The van der Waals surface area contributed by atoms with Gasteiger partial charge in [0.05, 0.1) is 6.26 Å². The van der Waals surface area contributed by atoms with Crippen molar-refractivity contribution in [2.24, 2.45) is 0 Å². The van der Waals surface area contributed by atoms with Gasteiger partial charge in [-0.3, -0.25) is 14.4 Å². The van der Waals surface area contributed by atoms with Crippen molar-refractivity contribution < 1.29 is 18.8 Å². The minimum Gasteiger partial charge on any atom is -0.459 e. The highest BCUT2D eigenvalue weighted by Crippen LogP contribution is 2.12. The molecule has 0 saturated carbocycles. The molecule has 0 unspecified atom stereocenters. The van der Waals surface area contributed by atoms with Crippen LogP contribution in [0.3, 0.4) is 0 Å². The molecule has 0 aliphatic carbocycles. The van der Waals surface area contributed by atoms with Crippen LogP contribution in [0.1, 0.15) is 47.6 Å². The minimum absolute atomic E-state index is 0.0230. The number of hydrogen-bond acceptors (Lipinski definition) is 4. The van der Waals surface area contributed by atoms with Crippen molar-refractivity contribution in [1.82, 2.24) is 10.2 Å². The Morgan fingerprint density at radius 3 is 2.33 bits per heavy atom. The molecular formula is C20H25N3O4. The second-order valence-corrected chi connectivity index (χ2v) is 5.94. The highest BCUT2D eigenvalue weighted by molar-refractivity contribution is 5.96. The van der Waals surface area contributed by atoms with Crippen LogP contribution < -0.4 is 10.6 Å². The van der Waals surface area contributed by atoms with Crippen molar-refractivity contribution >= 4 is 23.4 Å². The lowest BCUT2D eigenvalue weighted by Crippen LogP contribution is -2.30. The summed E-state index contributed by atoms with van der Waals surface area (Å²) in [5.74, 6) is -0.220. The molecular weight excluding hydrogens is 346 g/mol. The van der Waals surface area contributed by atoms with Crippen molar-refractivity contribution in [3.8, 4) is 0 Å². The quantitative estimate of drug-likeness (QED) is 0.663. The van der Waals surface area contributed by atoms with Gasteiger partial charge in [-0.1, -0.05) is 0 Å². The van der Waals surface area contributed by atoms with Gasteiger partial charge in [0.15, 0.2) is 5.76 Å². The molecule has 144 valence electrons. The van der Waals surface area contributed by atoms with Gasteiger partial charge in [-0.25, -0.2) is 0 Å². The molecule has 3 amide bonds. The molecule has 27 heavy (non-hydrogen) atoms. The Kier molecular flexibility index (Phi) is 7.61. The summed E-state index contributed by atoms with van der Waals surface area (Å²) in [6, 6.07) is 10.1. The first kappa shape index (κ1) is 20.2. The van der Waals surface area contributed by atoms with Gasteiger partial charge in [0.2, 0.25) is 5.91 Å². The van der Waals surface area contributed by atoms with Crippen LogP contribution in [0.25, 0.3) is 0 Å². The summed E-state index contributed by atoms with van der Waals surface area (Å²) >= 11 is 0. The molecule has 0 aliphatic rings. The number of carbonyl (C=O) groups is 3. The molecule has 0 atom stereocenters.